The van der Waals surface area contributed by atoms with Crippen LogP contribution in [0.2, 0.25) is 0 Å². The first-order chi connectivity index (χ1) is 16.7. The average molecular weight is 482 g/mol. The molecular weight excluding hydrogens is 461 g/mol. The molecule has 180 valence electrons. The zero-order valence-electron chi connectivity index (χ0n) is 18.6. The second kappa shape index (κ2) is 9.92. The van der Waals surface area contributed by atoms with Crippen LogP contribution in [0.5, 0.6) is 11.5 Å². The molecule has 1 N–H and O–H groups in total. The van der Waals surface area contributed by atoms with Gasteiger partial charge in [0.25, 0.3) is 11.5 Å². The quantitative estimate of drug-likeness (QED) is 0.372. The molecule has 1 aromatic heterocycles. The number of carbonyl (C=O) groups is 1. The van der Waals surface area contributed by atoms with Crippen LogP contribution >= 0.6 is 0 Å². The molecule has 0 unspecified atom stereocenters. The fourth-order valence-electron chi connectivity index (χ4n) is 3.63. The van der Waals surface area contributed by atoms with Crippen LogP contribution in [0.3, 0.4) is 0 Å². The van der Waals surface area contributed by atoms with Crippen molar-refractivity contribution in [2.75, 3.05) is 11.9 Å². The third kappa shape index (κ3) is 5.81. The summed E-state index contributed by atoms with van der Waals surface area (Å²) in [6, 6.07) is 18.9. The van der Waals surface area contributed by atoms with Gasteiger partial charge in [-0.25, -0.2) is 0 Å². The first-order valence-electron chi connectivity index (χ1n) is 10.7. The van der Waals surface area contributed by atoms with Gasteiger partial charge in [-0.1, -0.05) is 24.3 Å². The lowest BCUT2D eigenvalue weighted by Gasteiger charge is -2.12. The Balaban J connectivity index is 1.56. The number of amides is 1. The van der Waals surface area contributed by atoms with Crippen LogP contribution in [0.25, 0.3) is 10.8 Å². The summed E-state index contributed by atoms with van der Waals surface area (Å²) < 4.78 is 47.8. The van der Waals surface area contributed by atoms with E-state index in [2.05, 4.69) is 10.1 Å². The summed E-state index contributed by atoms with van der Waals surface area (Å²) in [6.45, 7) is 2.49. The van der Waals surface area contributed by atoms with E-state index in [1.54, 1.807) is 54.7 Å². The smallest absolute Gasteiger partial charge is 0.494 e. The fourth-order valence-corrected chi connectivity index (χ4v) is 3.63. The highest BCUT2D eigenvalue weighted by molar-refractivity contribution is 6.09. The van der Waals surface area contributed by atoms with Crippen molar-refractivity contribution < 1.29 is 27.4 Å². The van der Waals surface area contributed by atoms with Crippen molar-refractivity contribution in [1.29, 1.82) is 0 Å². The van der Waals surface area contributed by atoms with E-state index in [9.17, 15) is 22.8 Å². The van der Waals surface area contributed by atoms with Gasteiger partial charge in [-0.15, -0.1) is 13.2 Å². The number of ether oxygens (including phenoxy) is 2. The van der Waals surface area contributed by atoms with E-state index < -0.39 is 6.36 Å². The first-order valence-corrected chi connectivity index (χ1v) is 10.7. The van der Waals surface area contributed by atoms with Gasteiger partial charge >= 0.3 is 6.36 Å². The maximum atomic E-state index is 13.1. The Kier molecular flexibility index (Phi) is 6.77. The molecule has 0 saturated heterocycles. The van der Waals surface area contributed by atoms with Crippen molar-refractivity contribution in [1.82, 2.24) is 4.57 Å². The number of hydrogen-bond acceptors (Lipinski definition) is 4. The van der Waals surface area contributed by atoms with Crippen molar-refractivity contribution in [2.45, 2.75) is 19.8 Å². The molecule has 0 radical (unpaired) electrons. The highest BCUT2D eigenvalue weighted by atomic mass is 19.4. The average Bonchev–Trinajstić information content (AvgIpc) is 2.82. The largest absolute Gasteiger partial charge is 0.573 e. The van der Waals surface area contributed by atoms with Gasteiger partial charge in [0.05, 0.1) is 13.2 Å². The molecule has 0 aliphatic carbocycles. The highest BCUT2D eigenvalue weighted by Crippen LogP contribution is 2.24. The molecule has 0 fully saturated rings. The van der Waals surface area contributed by atoms with Gasteiger partial charge in [-0.2, -0.15) is 0 Å². The van der Waals surface area contributed by atoms with E-state index in [1.165, 1.54) is 28.8 Å². The minimum absolute atomic E-state index is 0.155. The van der Waals surface area contributed by atoms with Crippen LogP contribution in [0.15, 0.2) is 83.8 Å². The zero-order chi connectivity index (χ0) is 25.0. The van der Waals surface area contributed by atoms with Crippen LogP contribution < -0.4 is 20.3 Å². The summed E-state index contributed by atoms with van der Waals surface area (Å²) in [5.74, 6) is -0.0948. The molecule has 35 heavy (non-hydrogen) atoms. The van der Waals surface area contributed by atoms with Gasteiger partial charge in [0.1, 0.15) is 11.5 Å². The summed E-state index contributed by atoms with van der Waals surface area (Å²) in [6.07, 6.45) is -3.19. The van der Waals surface area contributed by atoms with Gasteiger partial charge in [0.2, 0.25) is 0 Å². The maximum absolute atomic E-state index is 13.1. The molecule has 4 rings (SSSR count). The summed E-state index contributed by atoms with van der Waals surface area (Å²) in [5, 5.41) is 3.80. The Labute approximate surface area is 198 Å². The number of fused-ring (bicyclic) bond motifs is 1. The number of pyridine rings is 1. The number of halogens is 3. The standard InChI is InChI=1S/C26H21F3N2O4/c1-2-34-20-6-3-5-18(15-20)24(32)30-23-8-4-7-22-21(23)13-14-31(25(22)33)16-17-9-11-19(12-10-17)35-26(27,28)29/h3-15H,2,16H2,1H3,(H,30,32). The first kappa shape index (κ1) is 23.9. The number of benzene rings is 3. The molecule has 0 atom stereocenters. The molecular formula is C26H21F3N2O4. The maximum Gasteiger partial charge on any atom is 0.573 e. The lowest BCUT2D eigenvalue weighted by Crippen LogP contribution is -2.21. The number of rotatable bonds is 7. The van der Waals surface area contributed by atoms with E-state index in [0.29, 0.717) is 39.9 Å². The Bertz CT molecular complexity index is 1410. The zero-order valence-corrected chi connectivity index (χ0v) is 18.6. The molecule has 0 bridgehead atoms. The van der Waals surface area contributed by atoms with Crippen LogP contribution in [-0.2, 0) is 6.54 Å². The van der Waals surface area contributed by atoms with Crippen LogP contribution in [0.4, 0.5) is 18.9 Å². The molecule has 0 aliphatic heterocycles. The Morgan fingerprint density at radius 2 is 1.69 bits per heavy atom. The van der Waals surface area contributed by atoms with Crippen molar-refractivity contribution >= 4 is 22.4 Å². The molecule has 0 aliphatic rings. The second-order valence-corrected chi connectivity index (χ2v) is 7.62. The van der Waals surface area contributed by atoms with Gasteiger partial charge in [0.15, 0.2) is 0 Å². The lowest BCUT2D eigenvalue weighted by molar-refractivity contribution is -0.274. The van der Waals surface area contributed by atoms with Gasteiger partial charge in [-0.05, 0) is 61.0 Å². The number of anilines is 1. The number of carbonyl (C=O) groups excluding carboxylic acids is 1. The van der Waals surface area contributed by atoms with Crippen molar-refractivity contribution in [3.8, 4) is 11.5 Å². The van der Waals surface area contributed by atoms with Gasteiger partial charge in [-0.3, -0.25) is 9.59 Å². The molecule has 3 aromatic carbocycles. The SMILES string of the molecule is CCOc1cccc(C(=O)Nc2cccc3c(=O)n(Cc4ccc(OC(F)(F)F)cc4)ccc23)c1. The highest BCUT2D eigenvalue weighted by Gasteiger charge is 2.30. The number of hydrogen-bond donors (Lipinski definition) is 1. The van der Waals surface area contributed by atoms with Crippen LogP contribution in [0, 0.1) is 0 Å². The Hall–Kier alpha value is -4.27. The third-order valence-corrected chi connectivity index (χ3v) is 5.18. The molecule has 1 amide bonds. The van der Waals surface area contributed by atoms with Crippen molar-refractivity contribution in [3.05, 3.63) is 100 Å². The predicted molar refractivity (Wildman–Crippen MR) is 126 cm³/mol. The summed E-state index contributed by atoms with van der Waals surface area (Å²) in [7, 11) is 0. The molecule has 0 saturated carbocycles. The molecule has 9 heteroatoms. The minimum Gasteiger partial charge on any atom is -0.494 e. The number of alkyl halides is 3. The predicted octanol–water partition coefficient (Wildman–Crippen LogP) is 5.60. The number of nitrogens with zero attached hydrogens (tertiary/aromatic N) is 1. The van der Waals surface area contributed by atoms with Crippen molar-refractivity contribution in [2.24, 2.45) is 0 Å². The normalized spacial score (nSPS) is 11.3. The lowest BCUT2D eigenvalue weighted by atomic mass is 10.1. The molecule has 0 spiro atoms. The molecule has 6 nitrogen and oxygen atoms in total. The third-order valence-electron chi connectivity index (χ3n) is 5.18. The van der Waals surface area contributed by atoms with Gasteiger partial charge in [0, 0.05) is 28.2 Å². The summed E-state index contributed by atoms with van der Waals surface area (Å²) in [4.78, 5) is 25.9. The van der Waals surface area contributed by atoms with E-state index in [1.807, 2.05) is 6.92 Å². The molecule has 4 aromatic rings. The van der Waals surface area contributed by atoms with E-state index >= 15 is 0 Å². The number of nitrogens with one attached hydrogen (secondary N) is 1. The second-order valence-electron chi connectivity index (χ2n) is 7.62. The fraction of sp³-hybridized carbons (Fsp3) is 0.154. The Morgan fingerprint density at radius 3 is 2.40 bits per heavy atom. The van der Waals surface area contributed by atoms with Crippen molar-refractivity contribution in [3.63, 3.8) is 0 Å². The Morgan fingerprint density at radius 1 is 0.943 bits per heavy atom. The van der Waals surface area contributed by atoms with E-state index in [-0.39, 0.29) is 23.8 Å². The summed E-state index contributed by atoms with van der Waals surface area (Å²) in [5.41, 5.74) is 1.22. The van der Waals surface area contributed by atoms with E-state index in [4.69, 9.17) is 4.74 Å². The summed E-state index contributed by atoms with van der Waals surface area (Å²) >= 11 is 0. The molecule has 1 heterocycles. The minimum atomic E-state index is -4.77. The van der Waals surface area contributed by atoms with Crippen LogP contribution in [0.1, 0.15) is 22.8 Å². The van der Waals surface area contributed by atoms with Gasteiger partial charge < -0.3 is 19.4 Å². The topological polar surface area (TPSA) is 69.6 Å². The van der Waals surface area contributed by atoms with E-state index in [0.717, 1.165) is 0 Å². The van der Waals surface area contributed by atoms with Crippen LogP contribution in [-0.4, -0.2) is 23.4 Å². The number of aromatic nitrogens is 1. The monoisotopic (exact) mass is 482 g/mol.